The van der Waals surface area contributed by atoms with Crippen LogP contribution in [-0.2, 0) is 16.4 Å². The van der Waals surface area contributed by atoms with E-state index in [1.165, 1.54) is 23.5 Å². The zero-order valence-electron chi connectivity index (χ0n) is 11.6. The Balaban J connectivity index is 2.18. The molecule has 1 aromatic heterocycles. The van der Waals surface area contributed by atoms with Gasteiger partial charge in [0.1, 0.15) is 6.07 Å². The molecule has 1 aromatic carbocycles. The SMILES string of the molecule is CN(CCc1ccncc1)S(=O)(=O)c1ccccc1C#N. The van der Waals surface area contributed by atoms with Crippen LogP contribution in [0.4, 0.5) is 0 Å². The molecule has 0 atom stereocenters. The lowest BCUT2D eigenvalue weighted by molar-refractivity contribution is 0.472. The molecule has 0 amide bonds. The van der Waals surface area contributed by atoms with Crippen molar-refractivity contribution in [1.82, 2.24) is 9.29 Å². The Morgan fingerprint density at radius 1 is 1.19 bits per heavy atom. The number of benzene rings is 1. The van der Waals surface area contributed by atoms with E-state index < -0.39 is 10.0 Å². The van der Waals surface area contributed by atoms with Crippen LogP contribution in [0.15, 0.2) is 53.7 Å². The van der Waals surface area contributed by atoms with E-state index in [1.54, 1.807) is 24.5 Å². The first-order chi connectivity index (χ1) is 10.1. The zero-order chi connectivity index (χ0) is 15.3. The number of pyridine rings is 1. The molecule has 6 heteroatoms. The van der Waals surface area contributed by atoms with Crippen molar-refractivity contribution in [3.63, 3.8) is 0 Å². The van der Waals surface area contributed by atoms with Crippen molar-refractivity contribution in [3.8, 4) is 6.07 Å². The number of likely N-dealkylation sites (N-methyl/N-ethyl adjacent to an activating group) is 1. The van der Waals surface area contributed by atoms with Gasteiger partial charge in [-0.2, -0.15) is 5.26 Å². The van der Waals surface area contributed by atoms with Gasteiger partial charge >= 0.3 is 0 Å². The molecule has 108 valence electrons. The lowest BCUT2D eigenvalue weighted by Crippen LogP contribution is -2.29. The normalized spacial score (nSPS) is 11.3. The fourth-order valence-corrected chi connectivity index (χ4v) is 3.22. The van der Waals surface area contributed by atoms with E-state index in [1.807, 2.05) is 18.2 Å². The lowest BCUT2D eigenvalue weighted by atomic mass is 10.2. The Morgan fingerprint density at radius 3 is 2.52 bits per heavy atom. The van der Waals surface area contributed by atoms with Gasteiger partial charge in [0.25, 0.3) is 0 Å². The van der Waals surface area contributed by atoms with Gasteiger partial charge in [0.05, 0.1) is 10.5 Å². The Bertz CT molecular complexity index is 752. The minimum Gasteiger partial charge on any atom is -0.265 e. The molecule has 0 aliphatic carbocycles. The van der Waals surface area contributed by atoms with E-state index >= 15 is 0 Å². The monoisotopic (exact) mass is 301 g/mol. The molecule has 0 radical (unpaired) electrons. The second kappa shape index (κ2) is 6.48. The van der Waals surface area contributed by atoms with Gasteiger partial charge in [0.15, 0.2) is 0 Å². The number of hydrogen-bond donors (Lipinski definition) is 0. The Hall–Kier alpha value is -2.23. The molecule has 1 heterocycles. The van der Waals surface area contributed by atoms with Crippen molar-refractivity contribution in [2.45, 2.75) is 11.3 Å². The standard InChI is InChI=1S/C15H15N3O2S/c1-18(11-8-13-6-9-17-10-7-13)21(19,20)15-5-3-2-4-14(15)12-16/h2-7,9-10H,8,11H2,1H3. The van der Waals surface area contributed by atoms with Crippen LogP contribution in [0.2, 0.25) is 0 Å². The fraction of sp³-hybridized carbons (Fsp3) is 0.200. The topological polar surface area (TPSA) is 74.1 Å². The third-order valence-electron chi connectivity index (χ3n) is 3.16. The zero-order valence-corrected chi connectivity index (χ0v) is 12.4. The van der Waals surface area contributed by atoms with Crippen LogP contribution < -0.4 is 0 Å². The van der Waals surface area contributed by atoms with Gasteiger partial charge < -0.3 is 0 Å². The van der Waals surface area contributed by atoms with Gasteiger partial charge in [-0.05, 0) is 36.2 Å². The van der Waals surface area contributed by atoms with Gasteiger partial charge in [-0.25, -0.2) is 12.7 Å². The summed E-state index contributed by atoms with van der Waals surface area (Å²) in [6.07, 6.45) is 3.94. The van der Waals surface area contributed by atoms with Crippen LogP contribution in [0.5, 0.6) is 0 Å². The van der Waals surface area contributed by atoms with Gasteiger partial charge in [0, 0.05) is 26.0 Å². The molecule has 0 aliphatic rings. The number of hydrogen-bond acceptors (Lipinski definition) is 4. The van der Waals surface area contributed by atoms with Crippen LogP contribution in [0, 0.1) is 11.3 Å². The molecular weight excluding hydrogens is 286 g/mol. The summed E-state index contributed by atoms with van der Waals surface area (Å²) in [7, 11) is -2.14. The fourth-order valence-electron chi connectivity index (χ4n) is 1.91. The van der Waals surface area contributed by atoms with Crippen LogP contribution in [0.3, 0.4) is 0 Å². The first-order valence-electron chi connectivity index (χ1n) is 6.40. The highest BCUT2D eigenvalue weighted by Gasteiger charge is 2.23. The summed E-state index contributed by atoms with van der Waals surface area (Å²) in [6, 6.07) is 11.8. The third kappa shape index (κ3) is 3.45. The van der Waals surface area contributed by atoms with E-state index in [-0.39, 0.29) is 10.5 Å². The average molecular weight is 301 g/mol. The Morgan fingerprint density at radius 2 is 1.86 bits per heavy atom. The molecule has 0 saturated heterocycles. The second-order valence-electron chi connectivity index (χ2n) is 4.54. The van der Waals surface area contributed by atoms with Crippen LogP contribution >= 0.6 is 0 Å². The van der Waals surface area contributed by atoms with Gasteiger partial charge in [-0.15, -0.1) is 0 Å². The number of nitrogens with zero attached hydrogens (tertiary/aromatic N) is 3. The summed E-state index contributed by atoms with van der Waals surface area (Å²) >= 11 is 0. The van der Waals surface area contributed by atoms with Crippen LogP contribution in [-0.4, -0.2) is 31.3 Å². The summed E-state index contributed by atoms with van der Waals surface area (Å²) in [5.41, 5.74) is 1.17. The molecule has 0 unspecified atom stereocenters. The first kappa shape index (κ1) is 15.2. The minimum absolute atomic E-state index is 0.0460. The molecule has 0 bridgehead atoms. The van der Waals surface area contributed by atoms with Crippen molar-refractivity contribution >= 4 is 10.0 Å². The number of sulfonamides is 1. The molecule has 2 aromatic rings. The van der Waals surface area contributed by atoms with Crippen molar-refractivity contribution in [2.75, 3.05) is 13.6 Å². The molecule has 0 N–H and O–H groups in total. The Labute approximate surface area is 124 Å². The van der Waals surface area contributed by atoms with E-state index in [0.717, 1.165) is 5.56 Å². The molecular formula is C15H15N3O2S. The van der Waals surface area contributed by atoms with Gasteiger partial charge in [-0.3, -0.25) is 4.98 Å². The van der Waals surface area contributed by atoms with Gasteiger partial charge in [0.2, 0.25) is 10.0 Å². The van der Waals surface area contributed by atoms with Crippen molar-refractivity contribution in [2.24, 2.45) is 0 Å². The smallest absolute Gasteiger partial charge is 0.244 e. The maximum absolute atomic E-state index is 12.5. The molecule has 2 rings (SSSR count). The van der Waals surface area contributed by atoms with Gasteiger partial charge in [-0.1, -0.05) is 12.1 Å². The van der Waals surface area contributed by atoms with Crippen molar-refractivity contribution in [3.05, 3.63) is 59.9 Å². The second-order valence-corrected chi connectivity index (χ2v) is 6.55. The largest absolute Gasteiger partial charge is 0.265 e. The summed E-state index contributed by atoms with van der Waals surface area (Å²) in [5, 5.41) is 9.03. The van der Waals surface area contributed by atoms with E-state index in [9.17, 15) is 8.42 Å². The number of rotatable bonds is 5. The maximum atomic E-state index is 12.5. The predicted molar refractivity (Wildman–Crippen MR) is 78.9 cm³/mol. The summed E-state index contributed by atoms with van der Waals surface area (Å²) < 4.78 is 26.3. The van der Waals surface area contributed by atoms with Crippen LogP contribution in [0.1, 0.15) is 11.1 Å². The minimum atomic E-state index is -3.66. The average Bonchev–Trinajstić information content (AvgIpc) is 2.53. The highest BCUT2D eigenvalue weighted by atomic mass is 32.2. The Kier molecular flexibility index (Phi) is 4.68. The summed E-state index contributed by atoms with van der Waals surface area (Å²) in [5.74, 6) is 0. The molecule has 0 fully saturated rings. The number of nitriles is 1. The van der Waals surface area contributed by atoms with E-state index in [4.69, 9.17) is 5.26 Å². The highest BCUT2D eigenvalue weighted by Crippen LogP contribution is 2.18. The molecule has 0 spiro atoms. The maximum Gasteiger partial charge on any atom is 0.244 e. The quantitative estimate of drug-likeness (QED) is 0.844. The molecule has 0 saturated carbocycles. The number of aromatic nitrogens is 1. The summed E-state index contributed by atoms with van der Waals surface area (Å²) in [6.45, 7) is 0.339. The van der Waals surface area contributed by atoms with Crippen LogP contribution in [0.25, 0.3) is 0 Å². The van der Waals surface area contributed by atoms with Crippen molar-refractivity contribution < 1.29 is 8.42 Å². The lowest BCUT2D eigenvalue weighted by Gasteiger charge is -2.17. The first-order valence-corrected chi connectivity index (χ1v) is 7.84. The predicted octanol–water partition coefficient (Wildman–Crippen LogP) is 1.82. The molecule has 5 nitrogen and oxygen atoms in total. The summed E-state index contributed by atoms with van der Waals surface area (Å²) in [4.78, 5) is 3.97. The molecule has 21 heavy (non-hydrogen) atoms. The third-order valence-corrected chi connectivity index (χ3v) is 5.08. The molecule has 0 aliphatic heterocycles. The highest BCUT2D eigenvalue weighted by molar-refractivity contribution is 7.89. The van der Waals surface area contributed by atoms with E-state index in [0.29, 0.717) is 13.0 Å². The van der Waals surface area contributed by atoms with E-state index in [2.05, 4.69) is 4.98 Å². The van der Waals surface area contributed by atoms with Crippen molar-refractivity contribution in [1.29, 1.82) is 5.26 Å².